The van der Waals surface area contributed by atoms with Gasteiger partial charge in [-0.1, -0.05) is 0 Å². The zero-order valence-electron chi connectivity index (χ0n) is 6.92. The van der Waals surface area contributed by atoms with Gasteiger partial charge in [-0.2, -0.15) is 0 Å². The molecule has 2 nitrogen and oxygen atoms in total. The van der Waals surface area contributed by atoms with Gasteiger partial charge in [0.05, 0.1) is 12.0 Å². The molecule has 1 aromatic heterocycles. The molecule has 0 fully saturated rings. The maximum Gasteiger partial charge on any atom is 0.161 e. The second kappa shape index (κ2) is 3.17. The quantitative estimate of drug-likeness (QED) is 0.643. The summed E-state index contributed by atoms with van der Waals surface area (Å²) in [6.45, 7) is 0. The van der Waals surface area contributed by atoms with Crippen LogP contribution in [0.5, 0.6) is 0 Å². The van der Waals surface area contributed by atoms with E-state index in [2.05, 4.69) is 4.98 Å². The predicted molar refractivity (Wildman–Crippen MR) is 43.4 cm³/mol. The van der Waals surface area contributed by atoms with E-state index in [1.165, 1.54) is 23.3 Å². The van der Waals surface area contributed by atoms with Crippen molar-refractivity contribution >= 4 is 0 Å². The molecule has 0 saturated carbocycles. The summed E-state index contributed by atoms with van der Waals surface area (Å²) in [5.74, 6) is -3.12. The number of nitrogens with zero attached hydrogens (tertiary/aromatic N) is 2. The summed E-state index contributed by atoms with van der Waals surface area (Å²) < 4.78 is 39.7. The maximum atomic E-state index is 13.1. The van der Waals surface area contributed by atoms with Crippen LogP contribution in [0.25, 0.3) is 5.69 Å². The lowest BCUT2D eigenvalue weighted by Crippen LogP contribution is -1.98. The van der Waals surface area contributed by atoms with Crippen molar-refractivity contribution in [1.82, 2.24) is 9.55 Å². The van der Waals surface area contributed by atoms with Crippen LogP contribution in [0.4, 0.5) is 13.2 Å². The van der Waals surface area contributed by atoms with Gasteiger partial charge in [-0.05, 0) is 0 Å². The Morgan fingerprint density at radius 1 is 1.00 bits per heavy atom. The number of imidazole rings is 1. The van der Waals surface area contributed by atoms with Gasteiger partial charge in [0.25, 0.3) is 0 Å². The third-order valence-corrected chi connectivity index (χ3v) is 1.77. The van der Waals surface area contributed by atoms with E-state index in [-0.39, 0.29) is 5.69 Å². The monoisotopic (exact) mass is 198 g/mol. The van der Waals surface area contributed by atoms with E-state index in [0.717, 1.165) is 6.07 Å². The number of rotatable bonds is 1. The standard InChI is InChI=1S/C9H5F3N2/c10-6-3-8(12)9(4-7(6)11)14-2-1-13-5-14/h1-5H. The number of hydrogen-bond acceptors (Lipinski definition) is 1. The molecule has 0 radical (unpaired) electrons. The summed E-state index contributed by atoms with van der Waals surface area (Å²) in [7, 11) is 0. The van der Waals surface area contributed by atoms with Gasteiger partial charge in [0.15, 0.2) is 11.6 Å². The number of halogens is 3. The molecule has 0 aliphatic heterocycles. The first kappa shape index (κ1) is 8.80. The molecule has 2 aromatic rings. The second-order valence-electron chi connectivity index (χ2n) is 2.69. The minimum absolute atomic E-state index is 0.0681. The van der Waals surface area contributed by atoms with E-state index in [9.17, 15) is 13.2 Å². The van der Waals surface area contributed by atoms with Gasteiger partial charge in [0.2, 0.25) is 0 Å². The van der Waals surface area contributed by atoms with Crippen molar-refractivity contribution in [3.8, 4) is 5.69 Å². The molecular formula is C9H5F3N2. The number of aromatic nitrogens is 2. The molecule has 5 heteroatoms. The Hall–Kier alpha value is -1.78. The molecule has 0 aliphatic rings. The van der Waals surface area contributed by atoms with Gasteiger partial charge < -0.3 is 4.57 Å². The minimum Gasteiger partial charge on any atom is -0.303 e. The van der Waals surface area contributed by atoms with E-state index in [1.54, 1.807) is 0 Å². The molecule has 14 heavy (non-hydrogen) atoms. The van der Waals surface area contributed by atoms with Gasteiger partial charge in [0.1, 0.15) is 5.82 Å². The molecule has 2 rings (SSSR count). The Morgan fingerprint density at radius 3 is 2.36 bits per heavy atom. The third kappa shape index (κ3) is 1.37. The minimum atomic E-state index is -1.20. The molecule has 0 aliphatic carbocycles. The smallest absolute Gasteiger partial charge is 0.161 e. The van der Waals surface area contributed by atoms with Crippen molar-refractivity contribution in [1.29, 1.82) is 0 Å². The van der Waals surface area contributed by atoms with Crippen LogP contribution in [0.3, 0.4) is 0 Å². The fourth-order valence-electron chi connectivity index (χ4n) is 1.11. The third-order valence-electron chi connectivity index (χ3n) is 1.77. The highest BCUT2D eigenvalue weighted by molar-refractivity contribution is 5.34. The van der Waals surface area contributed by atoms with E-state index in [4.69, 9.17) is 0 Å². The van der Waals surface area contributed by atoms with Crippen LogP contribution in [0.1, 0.15) is 0 Å². The van der Waals surface area contributed by atoms with Crippen molar-refractivity contribution in [2.45, 2.75) is 0 Å². The predicted octanol–water partition coefficient (Wildman–Crippen LogP) is 2.29. The molecule has 1 heterocycles. The van der Waals surface area contributed by atoms with Crippen LogP contribution in [-0.4, -0.2) is 9.55 Å². The SMILES string of the molecule is Fc1cc(F)c(-n2ccnc2)cc1F. The first-order valence-corrected chi connectivity index (χ1v) is 3.81. The average Bonchev–Trinajstić information content (AvgIpc) is 2.64. The summed E-state index contributed by atoms with van der Waals surface area (Å²) >= 11 is 0. The molecule has 0 amide bonds. The summed E-state index contributed by atoms with van der Waals surface area (Å²) in [6.07, 6.45) is 4.16. The van der Waals surface area contributed by atoms with Crippen LogP contribution in [-0.2, 0) is 0 Å². The molecule has 72 valence electrons. The van der Waals surface area contributed by atoms with Crippen LogP contribution < -0.4 is 0 Å². The normalized spacial score (nSPS) is 10.5. The zero-order chi connectivity index (χ0) is 10.1. The lowest BCUT2D eigenvalue weighted by atomic mass is 10.3. The fraction of sp³-hybridized carbons (Fsp3) is 0. The molecule has 1 aromatic carbocycles. The summed E-state index contributed by atoms with van der Waals surface area (Å²) in [4.78, 5) is 3.67. The van der Waals surface area contributed by atoms with Crippen molar-refractivity contribution in [3.05, 3.63) is 48.3 Å². The lowest BCUT2D eigenvalue weighted by molar-refractivity contribution is 0.493. The van der Waals surface area contributed by atoms with E-state index in [1.807, 2.05) is 0 Å². The molecule has 0 bridgehead atoms. The van der Waals surface area contributed by atoms with Gasteiger partial charge >= 0.3 is 0 Å². The van der Waals surface area contributed by atoms with Crippen LogP contribution in [0.2, 0.25) is 0 Å². The molecule has 0 saturated heterocycles. The largest absolute Gasteiger partial charge is 0.303 e. The second-order valence-corrected chi connectivity index (χ2v) is 2.69. The van der Waals surface area contributed by atoms with E-state index in [0.29, 0.717) is 6.07 Å². The Bertz CT molecular complexity index is 451. The molecule has 0 atom stereocenters. The van der Waals surface area contributed by atoms with Crippen LogP contribution in [0.15, 0.2) is 30.9 Å². The maximum absolute atomic E-state index is 13.1. The lowest BCUT2D eigenvalue weighted by Gasteiger charge is -2.03. The zero-order valence-corrected chi connectivity index (χ0v) is 6.92. The van der Waals surface area contributed by atoms with Gasteiger partial charge in [-0.15, -0.1) is 0 Å². The Labute approximate surface area is 77.6 Å². The topological polar surface area (TPSA) is 17.8 Å². The molecule has 0 N–H and O–H groups in total. The fourth-order valence-corrected chi connectivity index (χ4v) is 1.11. The van der Waals surface area contributed by atoms with Gasteiger partial charge in [-0.25, -0.2) is 18.2 Å². The number of benzene rings is 1. The van der Waals surface area contributed by atoms with Crippen LogP contribution >= 0.6 is 0 Å². The highest BCUT2D eigenvalue weighted by Gasteiger charge is 2.10. The first-order valence-electron chi connectivity index (χ1n) is 3.81. The van der Waals surface area contributed by atoms with Gasteiger partial charge in [-0.3, -0.25) is 0 Å². The van der Waals surface area contributed by atoms with Crippen molar-refractivity contribution in [3.63, 3.8) is 0 Å². The molecule has 0 spiro atoms. The Kier molecular flexibility index (Phi) is 1.99. The summed E-state index contributed by atoms with van der Waals surface area (Å²) in [6, 6.07) is 1.29. The number of hydrogen-bond donors (Lipinski definition) is 0. The van der Waals surface area contributed by atoms with E-state index >= 15 is 0 Å². The van der Waals surface area contributed by atoms with Crippen molar-refractivity contribution in [2.75, 3.05) is 0 Å². The summed E-state index contributed by atoms with van der Waals surface area (Å²) in [5.41, 5.74) is -0.0681. The average molecular weight is 198 g/mol. The van der Waals surface area contributed by atoms with Crippen LogP contribution in [0, 0.1) is 17.5 Å². The first-order chi connectivity index (χ1) is 6.68. The van der Waals surface area contributed by atoms with E-state index < -0.39 is 17.5 Å². The molecule has 0 unspecified atom stereocenters. The van der Waals surface area contributed by atoms with Crippen molar-refractivity contribution in [2.24, 2.45) is 0 Å². The Morgan fingerprint density at radius 2 is 1.71 bits per heavy atom. The summed E-state index contributed by atoms with van der Waals surface area (Å²) in [5, 5.41) is 0. The molecular weight excluding hydrogens is 193 g/mol. The highest BCUT2D eigenvalue weighted by Crippen LogP contribution is 2.17. The highest BCUT2D eigenvalue weighted by atomic mass is 19.2. The van der Waals surface area contributed by atoms with Gasteiger partial charge in [0, 0.05) is 24.5 Å². The Balaban J connectivity index is 2.60. The van der Waals surface area contributed by atoms with Crippen molar-refractivity contribution < 1.29 is 13.2 Å².